The minimum absolute atomic E-state index is 0.495. The lowest BCUT2D eigenvalue weighted by Crippen LogP contribution is -2.43. The first-order chi connectivity index (χ1) is 8.64. The van der Waals surface area contributed by atoms with E-state index in [0.717, 1.165) is 6.42 Å². The van der Waals surface area contributed by atoms with Crippen LogP contribution in [0.25, 0.3) is 0 Å². The zero-order valence-corrected chi connectivity index (χ0v) is 12.1. The number of aromatic nitrogens is 2. The van der Waals surface area contributed by atoms with Gasteiger partial charge in [0.2, 0.25) is 0 Å². The summed E-state index contributed by atoms with van der Waals surface area (Å²) in [6.45, 7) is 2.47. The lowest BCUT2D eigenvalue weighted by Gasteiger charge is -2.41. The number of hydrogen-bond donors (Lipinski definition) is 1. The molecule has 2 rings (SSSR count). The van der Waals surface area contributed by atoms with Gasteiger partial charge < -0.3 is 5.32 Å². The van der Waals surface area contributed by atoms with Crippen molar-refractivity contribution in [2.45, 2.75) is 57.9 Å². The molecule has 1 unspecified atom stereocenters. The second-order valence-electron chi connectivity index (χ2n) is 6.12. The van der Waals surface area contributed by atoms with Gasteiger partial charge in [-0.05, 0) is 43.7 Å². The first kappa shape index (κ1) is 13.6. The Hall–Kier alpha value is -0.830. The van der Waals surface area contributed by atoms with Gasteiger partial charge in [0.25, 0.3) is 0 Å². The Balaban J connectivity index is 1.92. The van der Waals surface area contributed by atoms with Crippen molar-refractivity contribution in [1.29, 1.82) is 0 Å². The van der Waals surface area contributed by atoms with Gasteiger partial charge in [-0.15, -0.1) is 0 Å². The maximum absolute atomic E-state index is 4.25. The van der Waals surface area contributed by atoms with Crippen molar-refractivity contribution in [3.63, 3.8) is 0 Å². The van der Waals surface area contributed by atoms with Crippen molar-refractivity contribution in [2.24, 2.45) is 12.5 Å². The zero-order valence-electron chi connectivity index (χ0n) is 12.1. The first-order valence-electron chi connectivity index (χ1n) is 7.29. The summed E-state index contributed by atoms with van der Waals surface area (Å²) in [5.41, 5.74) is 1.85. The van der Waals surface area contributed by atoms with Gasteiger partial charge in [-0.3, -0.25) is 4.68 Å². The minimum atomic E-state index is 0.495. The maximum atomic E-state index is 4.25. The second-order valence-corrected chi connectivity index (χ2v) is 6.12. The monoisotopic (exact) mass is 249 g/mol. The predicted molar refractivity (Wildman–Crippen MR) is 75.6 cm³/mol. The molecule has 1 aromatic rings. The molecule has 0 spiro atoms. The van der Waals surface area contributed by atoms with Crippen LogP contribution in [0.1, 0.15) is 51.0 Å². The van der Waals surface area contributed by atoms with Crippen LogP contribution in [-0.2, 0) is 13.5 Å². The molecule has 1 N–H and O–H groups in total. The normalized spacial score (nSPS) is 20.8. The fourth-order valence-electron chi connectivity index (χ4n) is 3.46. The van der Waals surface area contributed by atoms with E-state index < -0.39 is 0 Å². The van der Waals surface area contributed by atoms with E-state index in [2.05, 4.69) is 30.6 Å². The van der Waals surface area contributed by atoms with Crippen molar-refractivity contribution in [1.82, 2.24) is 15.1 Å². The highest BCUT2D eigenvalue weighted by atomic mass is 15.2. The highest BCUT2D eigenvalue weighted by Crippen LogP contribution is 2.40. The molecule has 0 amide bonds. The molecule has 0 aliphatic heterocycles. The SMILES string of the molecule is CNC(CCc1cnn(C)c1)C1(C)CCCCC1. The largest absolute Gasteiger partial charge is 0.316 e. The molecule has 1 saturated carbocycles. The molecule has 0 radical (unpaired) electrons. The standard InChI is InChI=1S/C15H27N3/c1-15(9-5-4-6-10-15)14(16-2)8-7-13-11-17-18(3)12-13/h11-12,14,16H,4-10H2,1-3H3. The third-order valence-electron chi connectivity index (χ3n) is 4.67. The van der Waals surface area contributed by atoms with E-state index in [0.29, 0.717) is 11.5 Å². The third-order valence-corrected chi connectivity index (χ3v) is 4.67. The lowest BCUT2D eigenvalue weighted by molar-refractivity contribution is 0.143. The molecule has 0 bridgehead atoms. The lowest BCUT2D eigenvalue weighted by atomic mass is 9.69. The third kappa shape index (κ3) is 3.14. The average molecular weight is 249 g/mol. The second kappa shape index (κ2) is 5.87. The van der Waals surface area contributed by atoms with Gasteiger partial charge in [-0.25, -0.2) is 0 Å². The van der Waals surface area contributed by atoms with Gasteiger partial charge in [0.1, 0.15) is 0 Å². The summed E-state index contributed by atoms with van der Waals surface area (Å²) < 4.78 is 1.89. The molecule has 18 heavy (non-hydrogen) atoms. The number of hydrogen-bond acceptors (Lipinski definition) is 2. The van der Waals surface area contributed by atoms with Gasteiger partial charge >= 0.3 is 0 Å². The van der Waals surface area contributed by atoms with Crippen LogP contribution in [0.4, 0.5) is 0 Å². The van der Waals surface area contributed by atoms with Gasteiger partial charge in [0.15, 0.2) is 0 Å². The van der Waals surface area contributed by atoms with E-state index in [1.807, 2.05) is 17.9 Å². The molecule has 102 valence electrons. The number of aryl methyl sites for hydroxylation is 2. The Labute approximate surface area is 111 Å². The predicted octanol–water partition coefficient (Wildman–Crippen LogP) is 2.91. The molecule has 1 aliphatic carbocycles. The smallest absolute Gasteiger partial charge is 0.0521 e. The van der Waals surface area contributed by atoms with Crippen molar-refractivity contribution < 1.29 is 0 Å². The fraction of sp³-hybridized carbons (Fsp3) is 0.800. The summed E-state index contributed by atoms with van der Waals surface area (Å²) in [5, 5.41) is 7.81. The number of nitrogens with zero attached hydrogens (tertiary/aromatic N) is 2. The molecular formula is C15H27N3. The molecule has 0 aromatic carbocycles. The molecule has 1 fully saturated rings. The van der Waals surface area contributed by atoms with Crippen LogP contribution in [-0.4, -0.2) is 22.9 Å². The summed E-state index contributed by atoms with van der Waals surface area (Å²) in [6, 6.07) is 0.637. The highest BCUT2D eigenvalue weighted by Gasteiger charge is 2.34. The van der Waals surface area contributed by atoms with Crippen LogP contribution in [0.3, 0.4) is 0 Å². The maximum Gasteiger partial charge on any atom is 0.0521 e. The molecule has 3 nitrogen and oxygen atoms in total. The molecular weight excluding hydrogens is 222 g/mol. The average Bonchev–Trinajstić information content (AvgIpc) is 2.76. The van der Waals surface area contributed by atoms with E-state index in [1.54, 1.807) is 0 Å². The molecule has 1 aliphatic rings. The first-order valence-corrected chi connectivity index (χ1v) is 7.29. The summed E-state index contributed by atoms with van der Waals surface area (Å²) in [7, 11) is 4.11. The Kier molecular flexibility index (Phi) is 4.44. The van der Waals surface area contributed by atoms with Gasteiger partial charge in [-0.2, -0.15) is 5.10 Å². The zero-order chi connectivity index (χ0) is 13.0. The van der Waals surface area contributed by atoms with Crippen LogP contribution in [0.5, 0.6) is 0 Å². The Morgan fingerprint density at radius 3 is 2.67 bits per heavy atom. The van der Waals surface area contributed by atoms with Gasteiger partial charge in [-0.1, -0.05) is 26.2 Å². The summed E-state index contributed by atoms with van der Waals surface area (Å²) in [4.78, 5) is 0. The molecule has 1 heterocycles. The van der Waals surface area contributed by atoms with E-state index in [1.165, 1.54) is 44.1 Å². The molecule has 3 heteroatoms. The van der Waals surface area contributed by atoms with Crippen molar-refractivity contribution in [2.75, 3.05) is 7.05 Å². The minimum Gasteiger partial charge on any atom is -0.316 e. The summed E-state index contributed by atoms with van der Waals surface area (Å²) >= 11 is 0. The summed E-state index contributed by atoms with van der Waals surface area (Å²) in [6.07, 6.45) is 13.5. The van der Waals surface area contributed by atoms with Crippen molar-refractivity contribution in [3.8, 4) is 0 Å². The van der Waals surface area contributed by atoms with Gasteiger partial charge in [0, 0.05) is 19.3 Å². The van der Waals surface area contributed by atoms with Crippen LogP contribution in [0.2, 0.25) is 0 Å². The molecule has 1 aromatic heterocycles. The van der Waals surface area contributed by atoms with Crippen molar-refractivity contribution in [3.05, 3.63) is 18.0 Å². The van der Waals surface area contributed by atoms with Crippen molar-refractivity contribution >= 4 is 0 Å². The Morgan fingerprint density at radius 1 is 1.39 bits per heavy atom. The topological polar surface area (TPSA) is 29.9 Å². The van der Waals surface area contributed by atoms with Crippen LogP contribution < -0.4 is 5.32 Å². The van der Waals surface area contributed by atoms with E-state index in [9.17, 15) is 0 Å². The Morgan fingerprint density at radius 2 is 2.11 bits per heavy atom. The number of rotatable bonds is 5. The van der Waals surface area contributed by atoms with Crippen LogP contribution in [0, 0.1) is 5.41 Å². The fourth-order valence-corrected chi connectivity index (χ4v) is 3.46. The van der Waals surface area contributed by atoms with E-state index in [-0.39, 0.29) is 0 Å². The van der Waals surface area contributed by atoms with Crippen LogP contribution in [0.15, 0.2) is 12.4 Å². The van der Waals surface area contributed by atoms with E-state index in [4.69, 9.17) is 0 Å². The van der Waals surface area contributed by atoms with E-state index >= 15 is 0 Å². The highest BCUT2D eigenvalue weighted by molar-refractivity contribution is 5.05. The summed E-state index contributed by atoms with van der Waals surface area (Å²) in [5.74, 6) is 0. The number of nitrogens with one attached hydrogen (secondary N) is 1. The quantitative estimate of drug-likeness (QED) is 0.869. The van der Waals surface area contributed by atoms with Gasteiger partial charge in [0.05, 0.1) is 6.20 Å². The molecule has 1 atom stereocenters. The van der Waals surface area contributed by atoms with Crippen LogP contribution >= 0.6 is 0 Å². The Bertz CT molecular complexity index is 364. The molecule has 0 saturated heterocycles.